The fourth-order valence-electron chi connectivity index (χ4n) is 1.46. The second kappa shape index (κ2) is 6.23. The van der Waals surface area contributed by atoms with Crippen molar-refractivity contribution < 1.29 is 28.9 Å². The number of benzene rings is 1. The van der Waals surface area contributed by atoms with E-state index in [0.29, 0.717) is 6.29 Å². The maximum absolute atomic E-state index is 13.1. The molecule has 18 heavy (non-hydrogen) atoms. The monoisotopic (exact) mass is 256 g/mol. The minimum absolute atomic E-state index is 0.0218. The van der Waals surface area contributed by atoms with E-state index in [1.165, 1.54) is 6.07 Å². The molecule has 0 radical (unpaired) electrons. The number of aliphatic hydroxyl groups excluding tert-OH is 2. The number of carbonyl (C=O) groups is 2. The highest BCUT2D eigenvalue weighted by molar-refractivity contribution is 5.75. The standard InChI is InChI=1S/C12H13FO5/c1-18-11(16)5-10(15)12(17)8-2-7(6-14)3-9(13)4-8/h2-4,6,10,12,15,17H,5H2,1H3. The Morgan fingerprint density at radius 2 is 2.11 bits per heavy atom. The zero-order valence-electron chi connectivity index (χ0n) is 9.67. The van der Waals surface area contributed by atoms with Crippen LogP contribution in [0.3, 0.4) is 0 Å². The molecule has 2 atom stereocenters. The van der Waals surface area contributed by atoms with Crippen molar-refractivity contribution in [2.24, 2.45) is 0 Å². The molecule has 0 aliphatic heterocycles. The number of ether oxygens (including phenoxy) is 1. The van der Waals surface area contributed by atoms with Gasteiger partial charge in [-0.3, -0.25) is 9.59 Å². The molecular weight excluding hydrogens is 243 g/mol. The molecule has 0 bridgehead atoms. The molecule has 2 N–H and O–H groups in total. The lowest BCUT2D eigenvalue weighted by Crippen LogP contribution is -2.22. The highest BCUT2D eigenvalue weighted by Gasteiger charge is 2.22. The molecule has 5 nitrogen and oxygen atoms in total. The van der Waals surface area contributed by atoms with Gasteiger partial charge in [0, 0.05) is 5.56 Å². The Hall–Kier alpha value is -1.79. The van der Waals surface area contributed by atoms with Crippen molar-refractivity contribution in [3.05, 3.63) is 35.1 Å². The number of aliphatic hydroxyl groups is 2. The Bertz CT molecular complexity index is 446. The van der Waals surface area contributed by atoms with E-state index in [-0.39, 0.29) is 11.1 Å². The van der Waals surface area contributed by atoms with Crippen LogP contribution in [-0.2, 0) is 9.53 Å². The lowest BCUT2D eigenvalue weighted by Gasteiger charge is -2.17. The number of aldehydes is 1. The summed E-state index contributed by atoms with van der Waals surface area (Å²) >= 11 is 0. The molecule has 1 aromatic rings. The van der Waals surface area contributed by atoms with E-state index in [1.807, 2.05) is 0 Å². The van der Waals surface area contributed by atoms with E-state index in [4.69, 9.17) is 0 Å². The zero-order chi connectivity index (χ0) is 13.7. The molecule has 2 unspecified atom stereocenters. The fourth-order valence-corrected chi connectivity index (χ4v) is 1.46. The van der Waals surface area contributed by atoms with E-state index in [2.05, 4.69) is 4.74 Å². The van der Waals surface area contributed by atoms with Crippen LogP contribution in [0.4, 0.5) is 4.39 Å². The molecule has 0 aromatic heterocycles. The number of carbonyl (C=O) groups excluding carboxylic acids is 2. The van der Waals surface area contributed by atoms with Gasteiger partial charge in [-0.25, -0.2) is 4.39 Å². The quantitative estimate of drug-likeness (QED) is 0.595. The number of esters is 1. The van der Waals surface area contributed by atoms with Gasteiger partial charge in [0.2, 0.25) is 0 Å². The normalized spacial score (nSPS) is 13.8. The minimum atomic E-state index is -1.47. The summed E-state index contributed by atoms with van der Waals surface area (Å²) in [5.74, 6) is -1.41. The van der Waals surface area contributed by atoms with Crippen LogP contribution in [0.15, 0.2) is 18.2 Å². The topological polar surface area (TPSA) is 83.8 Å². The first-order chi connectivity index (χ1) is 8.47. The number of halogens is 1. The summed E-state index contributed by atoms with van der Waals surface area (Å²) in [6.45, 7) is 0. The molecule has 0 saturated carbocycles. The van der Waals surface area contributed by atoms with Crippen molar-refractivity contribution in [1.29, 1.82) is 0 Å². The summed E-state index contributed by atoms with van der Waals surface area (Å²) in [6, 6.07) is 3.22. The van der Waals surface area contributed by atoms with Crippen molar-refractivity contribution in [3.8, 4) is 0 Å². The first kappa shape index (κ1) is 14.3. The summed E-state index contributed by atoms with van der Waals surface area (Å²) < 4.78 is 17.5. The molecule has 0 aliphatic carbocycles. The molecule has 1 rings (SSSR count). The third-order valence-electron chi connectivity index (χ3n) is 2.39. The number of rotatable bonds is 5. The number of hydrogen-bond donors (Lipinski definition) is 2. The molecule has 0 aliphatic rings. The second-order valence-electron chi connectivity index (χ2n) is 3.73. The molecule has 0 spiro atoms. The molecule has 0 saturated heterocycles. The predicted molar refractivity (Wildman–Crippen MR) is 59.4 cm³/mol. The van der Waals surface area contributed by atoms with Crippen molar-refractivity contribution in [2.45, 2.75) is 18.6 Å². The van der Waals surface area contributed by atoms with Gasteiger partial charge >= 0.3 is 5.97 Å². The van der Waals surface area contributed by atoms with Crippen LogP contribution in [0, 0.1) is 5.82 Å². The lowest BCUT2D eigenvalue weighted by molar-refractivity contribution is -0.144. The molecule has 0 amide bonds. The summed E-state index contributed by atoms with van der Waals surface area (Å²) in [4.78, 5) is 21.5. The van der Waals surface area contributed by atoms with Gasteiger partial charge in [0.1, 0.15) is 18.2 Å². The molecular formula is C12H13FO5. The van der Waals surface area contributed by atoms with Crippen LogP contribution in [-0.4, -0.2) is 35.7 Å². The van der Waals surface area contributed by atoms with Crippen LogP contribution in [0.1, 0.15) is 28.4 Å². The maximum atomic E-state index is 13.1. The molecule has 1 aromatic carbocycles. The van der Waals surface area contributed by atoms with E-state index in [0.717, 1.165) is 19.2 Å². The van der Waals surface area contributed by atoms with E-state index in [1.54, 1.807) is 0 Å². The van der Waals surface area contributed by atoms with Crippen molar-refractivity contribution >= 4 is 12.3 Å². The Labute approximate surface area is 103 Å². The SMILES string of the molecule is COC(=O)CC(O)C(O)c1cc(F)cc(C=O)c1. The molecule has 0 heterocycles. The average Bonchev–Trinajstić information content (AvgIpc) is 2.36. The van der Waals surface area contributed by atoms with E-state index < -0.39 is 30.4 Å². The Kier molecular flexibility index (Phi) is 4.94. The molecule has 0 fully saturated rings. The fraction of sp³-hybridized carbons (Fsp3) is 0.333. The smallest absolute Gasteiger partial charge is 0.308 e. The van der Waals surface area contributed by atoms with Gasteiger partial charge in [-0.15, -0.1) is 0 Å². The van der Waals surface area contributed by atoms with Gasteiger partial charge in [-0.2, -0.15) is 0 Å². The van der Waals surface area contributed by atoms with Crippen LogP contribution in [0.2, 0.25) is 0 Å². The third-order valence-corrected chi connectivity index (χ3v) is 2.39. The summed E-state index contributed by atoms with van der Waals surface area (Å²) in [5, 5.41) is 19.3. The minimum Gasteiger partial charge on any atom is -0.469 e. The summed E-state index contributed by atoms with van der Waals surface area (Å²) in [7, 11) is 1.15. The van der Waals surface area contributed by atoms with Crippen molar-refractivity contribution in [2.75, 3.05) is 7.11 Å². The van der Waals surface area contributed by atoms with Crippen LogP contribution in [0.5, 0.6) is 0 Å². The molecule has 6 heteroatoms. The molecule has 98 valence electrons. The van der Waals surface area contributed by atoms with Gasteiger partial charge in [0.15, 0.2) is 0 Å². The maximum Gasteiger partial charge on any atom is 0.308 e. The largest absolute Gasteiger partial charge is 0.469 e. The van der Waals surface area contributed by atoms with Crippen LogP contribution >= 0.6 is 0 Å². The Morgan fingerprint density at radius 3 is 2.67 bits per heavy atom. The van der Waals surface area contributed by atoms with Gasteiger partial charge in [0.05, 0.1) is 19.6 Å². The van der Waals surface area contributed by atoms with Gasteiger partial charge in [-0.1, -0.05) is 0 Å². The number of hydrogen-bond acceptors (Lipinski definition) is 5. The zero-order valence-corrected chi connectivity index (χ0v) is 9.67. The van der Waals surface area contributed by atoms with E-state index in [9.17, 15) is 24.2 Å². The highest BCUT2D eigenvalue weighted by Crippen LogP contribution is 2.21. The second-order valence-corrected chi connectivity index (χ2v) is 3.73. The first-order valence-corrected chi connectivity index (χ1v) is 5.16. The first-order valence-electron chi connectivity index (χ1n) is 5.16. The highest BCUT2D eigenvalue weighted by atomic mass is 19.1. The summed E-state index contributed by atoms with van der Waals surface area (Å²) in [6.07, 6.45) is -2.91. The van der Waals surface area contributed by atoms with Gasteiger partial charge in [0.25, 0.3) is 0 Å². The van der Waals surface area contributed by atoms with Gasteiger partial charge in [-0.05, 0) is 23.8 Å². The predicted octanol–water partition coefficient (Wildman–Crippen LogP) is 0.596. The van der Waals surface area contributed by atoms with Crippen LogP contribution in [0.25, 0.3) is 0 Å². The van der Waals surface area contributed by atoms with Gasteiger partial charge < -0.3 is 14.9 Å². The van der Waals surface area contributed by atoms with Crippen LogP contribution < -0.4 is 0 Å². The Balaban J connectivity index is 2.88. The van der Waals surface area contributed by atoms with E-state index >= 15 is 0 Å². The third kappa shape index (κ3) is 3.61. The van der Waals surface area contributed by atoms with Crippen molar-refractivity contribution in [3.63, 3.8) is 0 Å². The number of methoxy groups -OCH3 is 1. The Morgan fingerprint density at radius 1 is 1.44 bits per heavy atom. The average molecular weight is 256 g/mol. The lowest BCUT2D eigenvalue weighted by atomic mass is 10.00. The van der Waals surface area contributed by atoms with Crippen molar-refractivity contribution in [1.82, 2.24) is 0 Å². The summed E-state index contributed by atoms with van der Waals surface area (Å²) in [5.41, 5.74) is 0.0582.